The van der Waals surface area contributed by atoms with Crippen LogP contribution in [0.2, 0.25) is 0 Å². The summed E-state index contributed by atoms with van der Waals surface area (Å²) in [7, 11) is 4.34. The first-order chi connectivity index (χ1) is 14.3. The predicted molar refractivity (Wildman–Crippen MR) is 106 cm³/mol. The van der Waals surface area contributed by atoms with Crippen LogP contribution >= 0.6 is 0 Å². The van der Waals surface area contributed by atoms with Gasteiger partial charge in [0.25, 0.3) is 11.6 Å². The third kappa shape index (κ3) is 5.37. The number of benzene rings is 2. The molecule has 2 aromatic rings. The molecule has 1 amide bonds. The molecule has 10 heteroatoms. The lowest BCUT2D eigenvalue weighted by Gasteiger charge is -2.15. The van der Waals surface area contributed by atoms with Gasteiger partial charge < -0.3 is 24.3 Å². The Kier molecular flexibility index (Phi) is 7.56. The highest BCUT2D eigenvalue weighted by molar-refractivity contribution is 5.95. The molecule has 0 saturated carbocycles. The van der Waals surface area contributed by atoms with Gasteiger partial charge in [-0.3, -0.25) is 14.9 Å². The standard InChI is InChI=1S/C20H22N2O8/c1-12(19(23)21-11-13-5-7-17(28-3)18(9-13)29-4)30-20(24)15-10-14(22(25)26)6-8-16(15)27-2/h5-10,12H,11H2,1-4H3,(H,21,23)/t12-/m0/s1. The molecule has 1 N–H and O–H groups in total. The molecule has 30 heavy (non-hydrogen) atoms. The lowest BCUT2D eigenvalue weighted by molar-refractivity contribution is -0.384. The summed E-state index contributed by atoms with van der Waals surface area (Å²) >= 11 is 0. The number of non-ortho nitro benzene ring substituents is 1. The predicted octanol–water partition coefficient (Wildman–Crippen LogP) is 2.48. The van der Waals surface area contributed by atoms with Gasteiger partial charge in [-0.1, -0.05) is 6.07 Å². The fourth-order valence-electron chi connectivity index (χ4n) is 2.57. The number of ether oxygens (including phenoxy) is 4. The maximum atomic E-state index is 12.4. The van der Waals surface area contributed by atoms with Gasteiger partial charge in [0, 0.05) is 18.7 Å². The Hall–Kier alpha value is -3.82. The molecule has 0 aromatic heterocycles. The number of carbonyl (C=O) groups excluding carboxylic acids is 2. The number of carbonyl (C=O) groups is 2. The lowest BCUT2D eigenvalue weighted by atomic mass is 10.1. The SMILES string of the molecule is COc1ccc(CNC(=O)[C@H](C)OC(=O)c2cc([N+](=O)[O-])ccc2OC)cc1OC. The van der Waals surface area contributed by atoms with Crippen molar-refractivity contribution < 1.29 is 33.5 Å². The quantitative estimate of drug-likeness (QED) is 0.374. The van der Waals surface area contributed by atoms with E-state index in [4.69, 9.17) is 18.9 Å². The van der Waals surface area contributed by atoms with Gasteiger partial charge in [-0.15, -0.1) is 0 Å². The molecule has 160 valence electrons. The van der Waals surface area contributed by atoms with Crippen LogP contribution in [0.1, 0.15) is 22.8 Å². The van der Waals surface area contributed by atoms with E-state index in [1.165, 1.54) is 40.4 Å². The molecule has 0 bridgehead atoms. The smallest absolute Gasteiger partial charge is 0.342 e. The summed E-state index contributed by atoms with van der Waals surface area (Å²) < 4.78 is 20.6. The van der Waals surface area contributed by atoms with Crippen molar-refractivity contribution in [1.29, 1.82) is 0 Å². The molecule has 10 nitrogen and oxygen atoms in total. The van der Waals surface area contributed by atoms with Crippen molar-refractivity contribution in [2.24, 2.45) is 0 Å². The Balaban J connectivity index is 2.03. The first-order valence-electron chi connectivity index (χ1n) is 8.82. The second-order valence-electron chi connectivity index (χ2n) is 6.10. The lowest BCUT2D eigenvalue weighted by Crippen LogP contribution is -2.35. The van der Waals surface area contributed by atoms with Crippen molar-refractivity contribution in [2.45, 2.75) is 19.6 Å². The van der Waals surface area contributed by atoms with E-state index >= 15 is 0 Å². The normalized spacial score (nSPS) is 11.2. The number of nitro groups is 1. The highest BCUT2D eigenvalue weighted by Crippen LogP contribution is 2.27. The van der Waals surface area contributed by atoms with Gasteiger partial charge in [-0.25, -0.2) is 4.79 Å². The minimum Gasteiger partial charge on any atom is -0.496 e. The Morgan fingerprint density at radius 3 is 2.23 bits per heavy atom. The second-order valence-corrected chi connectivity index (χ2v) is 6.10. The largest absolute Gasteiger partial charge is 0.496 e. The molecule has 0 unspecified atom stereocenters. The van der Waals surface area contributed by atoms with Crippen LogP contribution < -0.4 is 19.5 Å². The first kappa shape index (κ1) is 22.5. The van der Waals surface area contributed by atoms with Gasteiger partial charge >= 0.3 is 5.97 Å². The molecule has 0 aliphatic rings. The zero-order chi connectivity index (χ0) is 22.3. The molecule has 1 atom stereocenters. The maximum Gasteiger partial charge on any atom is 0.342 e. The highest BCUT2D eigenvalue weighted by atomic mass is 16.6. The van der Waals surface area contributed by atoms with Gasteiger partial charge in [0.1, 0.15) is 11.3 Å². The van der Waals surface area contributed by atoms with E-state index in [9.17, 15) is 19.7 Å². The van der Waals surface area contributed by atoms with Crippen molar-refractivity contribution in [1.82, 2.24) is 5.32 Å². The van der Waals surface area contributed by atoms with E-state index in [0.29, 0.717) is 11.5 Å². The molecule has 0 fully saturated rings. The van der Waals surface area contributed by atoms with Crippen molar-refractivity contribution in [2.75, 3.05) is 21.3 Å². The number of nitrogens with zero attached hydrogens (tertiary/aromatic N) is 1. The molecule has 0 radical (unpaired) electrons. The Morgan fingerprint density at radius 2 is 1.63 bits per heavy atom. The average Bonchev–Trinajstić information content (AvgIpc) is 2.76. The Morgan fingerprint density at radius 1 is 1.00 bits per heavy atom. The van der Waals surface area contributed by atoms with Crippen LogP contribution in [0, 0.1) is 10.1 Å². The van der Waals surface area contributed by atoms with Gasteiger partial charge in [0.2, 0.25) is 0 Å². The van der Waals surface area contributed by atoms with Crippen LogP contribution in [0.5, 0.6) is 17.2 Å². The highest BCUT2D eigenvalue weighted by Gasteiger charge is 2.23. The molecular formula is C20H22N2O8. The summed E-state index contributed by atoms with van der Waals surface area (Å²) in [4.78, 5) is 35.0. The fourth-order valence-corrected chi connectivity index (χ4v) is 2.57. The van der Waals surface area contributed by atoms with Gasteiger partial charge in [0.05, 0.1) is 26.3 Å². The summed E-state index contributed by atoms with van der Waals surface area (Å²) in [6.07, 6.45) is -1.14. The summed E-state index contributed by atoms with van der Waals surface area (Å²) in [5.74, 6) is -0.280. The van der Waals surface area contributed by atoms with Gasteiger partial charge in [-0.2, -0.15) is 0 Å². The number of methoxy groups -OCH3 is 3. The summed E-state index contributed by atoms with van der Waals surface area (Å²) in [5, 5.41) is 13.6. The van der Waals surface area contributed by atoms with Gasteiger partial charge in [-0.05, 0) is 30.7 Å². The monoisotopic (exact) mass is 418 g/mol. The van der Waals surface area contributed by atoms with E-state index in [0.717, 1.165) is 11.6 Å². The molecular weight excluding hydrogens is 396 g/mol. The van der Waals surface area contributed by atoms with Crippen LogP contribution in [0.25, 0.3) is 0 Å². The fraction of sp³-hybridized carbons (Fsp3) is 0.300. The van der Waals surface area contributed by atoms with E-state index in [1.54, 1.807) is 18.2 Å². The molecule has 0 saturated heterocycles. The van der Waals surface area contributed by atoms with Crippen LogP contribution in [0.15, 0.2) is 36.4 Å². The number of amides is 1. The summed E-state index contributed by atoms with van der Waals surface area (Å²) in [5.41, 5.74) is 0.305. The molecule has 0 spiro atoms. The number of hydrogen-bond donors (Lipinski definition) is 1. The summed E-state index contributed by atoms with van der Waals surface area (Å²) in [6, 6.07) is 8.70. The van der Waals surface area contributed by atoms with Crippen LogP contribution in [0.3, 0.4) is 0 Å². The maximum absolute atomic E-state index is 12.4. The van der Waals surface area contributed by atoms with E-state index in [-0.39, 0.29) is 23.5 Å². The second kappa shape index (κ2) is 10.1. The van der Waals surface area contributed by atoms with Crippen molar-refractivity contribution in [3.05, 3.63) is 57.6 Å². The third-order valence-corrected chi connectivity index (χ3v) is 4.18. The van der Waals surface area contributed by atoms with Crippen LogP contribution in [-0.4, -0.2) is 44.2 Å². The number of nitro benzene ring substituents is 1. The Labute approximate surface area is 172 Å². The Bertz CT molecular complexity index is 944. The zero-order valence-electron chi connectivity index (χ0n) is 17.0. The minimum absolute atomic E-state index is 0.100. The van der Waals surface area contributed by atoms with E-state index in [1.807, 2.05) is 0 Å². The first-order valence-corrected chi connectivity index (χ1v) is 8.82. The van der Waals surface area contributed by atoms with Crippen LogP contribution in [0.4, 0.5) is 5.69 Å². The number of esters is 1. The zero-order valence-corrected chi connectivity index (χ0v) is 17.0. The van der Waals surface area contributed by atoms with Gasteiger partial charge in [0.15, 0.2) is 17.6 Å². The average molecular weight is 418 g/mol. The van der Waals surface area contributed by atoms with Crippen molar-refractivity contribution in [3.63, 3.8) is 0 Å². The van der Waals surface area contributed by atoms with Crippen molar-refractivity contribution >= 4 is 17.6 Å². The minimum atomic E-state index is -1.14. The molecule has 0 heterocycles. The van der Waals surface area contributed by atoms with Crippen molar-refractivity contribution in [3.8, 4) is 17.2 Å². The van der Waals surface area contributed by atoms with Crippen LogP contribution in [-0.2, 0) is 16.1 Å². The molecule has 0 aliphatic carbocycles. The van der Waals surface area contributed by atoms with E-state index < -0.39 is 22.9 Å². The molecule has 2 aromatic carbocycles. The number of hydrogen-bond acceptors (Lipinski definition) is 8. The van der Waals surface area contributed by atoms with E-state index in [2.05, 4.69) is 5.32 Å². The molecule has 2 rings (SSSR count). The summed E-state index contributed by atoms with van der Waals surface area (Å²) in [6.45, 7) is 1.56. The topological polar surface area (TPSA) is 126 Å². The number of rotatable bonds is 9. The third-order valence-electron chi connectivity index (χ3n) is 4.18. The number of nitrogens with one attached hydrogen (secondary N) is 1. The molecule has 0 aliphatic heterocycles.